The molecule has 0 radical (unpaired) electrons. The molecule has 0 bridgehead atoms. The monoisotopic (exact) mass is 404 g/mol. The minimum atomic E-state index is 0.0142. The van der Waals surface area contributed by atoms with Crippen molar-refractivity contribution in [3.63, 3.8) is 0 Å². The highest BCUT2D eigenvalue weighted by molar-refractivity contribution is 7.99. The Labute approximate surface area is 177 Å². The molecular weight excluding hydrogens is 376 g/mol. The fourth-order valence-corrected chi connectivity index (χ4v) is 4.98. The number of rotatable bonds is 4. The summed E-state index contributed by atoms with van der Waals surface area (Å²) in [6.07, 6.45) is 3.50. The smallest absolute Gasteiger partial charge is 0.252 e. The van der Waals surface area contributed by atoms with Crippen LogP contribution in [0, 0.1) is 18.8 Å². The topological polar surface area (TPSA) is 42.0 Å². The predicted octanol–water partition coefficient (Wildman–Crippen LogP) is 6.25. The van der Waals surface area contributed by atoms with Crippen LogP contribution < -0.4 is 5.32 Å². The van der Waals surface area contributed by atoms with E-state index in [-0.39, 0.29) is 11.9 Å². The van der Waals surface area contributed by atoms with Gasteiger partial charge >= 0.3 is 0 Å². The molecule has 1 N–H and O–H groups in total. The molecule has 1 aliphatic rings. The third-order valence-electron chi connectivity index (χ3n) is 6.20. The van der Waals surface area contributed by atoms with E-state index in [4.69, 9.17) is 4.98 Å². The van der Waals surface area contributed by atoms with Crippen LogP contribution in [-0.2, 0) is 0 Å². The molecule has 0 saturated heterocycles. The van der Waals surface area contributed by atoms with Gasteiger partial charge in [-0.05, 0) is 49.4 Å². The second-order valence-corrected chi connectivity index (χ2v) is 9.38. The molecule has 1 heterocycles. The summed E-state index contributed by atoms with van der Waals surface area (Å²) in [6, 6.07) is 18.5. The largest absolute Gasteiger partial charge is 0.349 e. The van der Waals surface area contributed by atoms with E-state index in [1.165, 1.54) is 18.4 Å². The lowest BCUT2D eigenvalue weighted by molar-refractivity contribution is 0.0892. The van der Waals surface area contributed by atoms with Gasteiger partial charge in [0.05, 0.1) is 11.1 Å². The first kappa shape index (κ1) is 20.0. The van der Waals surface area contributed by atoms with Crippen molar-refractivity contribution < 1.29 is 4.79 Å². The van der Waals surface area contributed by atoms with E-state index in [0.717, 1.165) is 32.8 Å². The van der Waals surface area contributed by atoms with E-state index in [0.29, 0.717) is 11.8 Å². The van der Waals surface area contributed by atoms with E-state index in [9.17, 15) is 4.79 Å². The number of pyridine rings is 1. The standard InChI is InChI=1S/C25H28N2OS/c1-16-11-13-19(14-12-16)29-24-15-21(20-8-4-5-9-23(20)26-24)25(28)27-22-10-6-7-17(2)18(22)3/h4-5,8-9,11-15,17-18,22H,6-7,10H2,1-3H3,(H,27,28)/t17-,18+,22-/m1/s1. The number of nitrogens with zero attached hydrogens (tertiary/aromatic N) is 1. The first-order valence-corrected chi connectivity index (χ1v) is 11.3. The summed E-state index contributed by atoms with van der Waals surface area (Å²) < 4.78 is 0. The van der Waals surface area contributed by atoms with Crippen LogP contribution in [0.5, 0.6) is 0 Å². The van der Waals surface area contributed by atoms with Gasteiger partial charge in [-0.2, -0.15) is 0 Å². The van der Waals surface area contributed by atoms with Gasteiger partial charge in [0.25, 0.3) is 5.91 Å². The van der Waals surface area contributed by atoms with Crippen molar-refractivity contribution in [1.82, 2.24) is 10.3 Å². The zero-order chi connectivity index (χ0) is 20.4. The van der Waals surface area contributed by atoms with Crippen LogP contribution >= 0.6 is 11.8 Å². The molecule has 1 amide bonds. The summed E-state index contributed by atoms with van der Waals surface area (Å²) in [6.45, 7) is 6.64. The Morgan fingerprint density at radius 1 is 1.07 bits per heavy atom. The van der Waals surface area contributed by atoms with E-state index < -0.39 is 0 Å². The fourth-order valence-electron chi connectivity index (χ4n) is 4.15. The van der Waals surface area contributed by atoms with Crippen molar-refractivity contribution in [2.75, 3.05) is 0 Å². The number of carbonyl (C=O) groups is 1. The Balaban J connectivity index is 1.65. The normalized spacial score (nSPS) is 21.8. The number of nitrogens with one attached hydrogen (secondary N) is 1. The zero-order valence-corrected chi connectivity index (χ0v) is 18.1. The maximum Gasteiger partial charge on any atom is 0.252 e. The van der Waals surface area contributed by atoms with Crippen molar-refractivity contribution in [3.05, 3.63) is 65.7 Å². The molecule has 29 heavy (non-hydrogen) atoms. The van der Waals surface area contributed by atoms with Gasteiger partial charge in [-0.15, -0.1) is 0 Å². The van der Waals surface area contributed by atoms with Crippen molar-refractivity contribution in [2.45, 2.75) is 56.0 Å². The molecule has 0 unspecified atom stereocenters. The van der Waals surface area contributed by atoms with Gasteiger partial charge in [-0.25, -0.2) is 4.98 Å². The molecule has 0 aliphatic heterocycles. The Hall–Kier alpha value is -2.33. The summed E-state index contributed by atoms with van der Waals surface area (Å²) in [7, 11) is 0. The van der Waals surface area contributed by atoms with Crippen LogP contribution in [0.1, 0.15) is 49.0 Å². The molecule has 3 atom stereocenters. The van der Waals surface area contributed by atoms with Gasteiger partial charge in [-0.1, -0.05) is 74.3 Å². The van der Waals surface area contributed by atoms with Gasteiger partial charge in [-0.3, -0.25) is 4.79 Å². The molecule has 4 rings (SSSR count). The fraction of sp³-hybridized carbons (Fsp3) is 0.360. The second kappa shape index (κ2) is 8.58. The van der Waals surface area contributed by atoms with E-state index >= 15 is 0 Å². The number of amides is 1. The van der Waals surface area contributed by atoms with Crippen LogP contribution in [0.15, 0.2) is 64.5 Å². The number of benzene rings is 2. The third-order valence-corrected chi connectivity index (χ3v) is 7.13. The summed E-state index contributed by atoms with van der Waals surface area (Å²) in [4.78, 5) is 19.2. The maximum absolute atomic E-state index is 13.3. The summed E-state index contributed by atoms with van der Waals surface area (Å²) >= 11 is 1.60. The van der Waals surface area contributed by atoms with Crippen LogP contribution in [0.3, 0.4) is 0 Å². The minimum absolute atomic E-state index is 0.0142. The maximum atomic E-state index is 13.3. The number of hydrogen-bond donors (Lipinski definition) is 1. The highest BCUT2D eigenvalue weighted by atomic mass is 32.2. The SMILES string of the molecule is Cc1ccc(Sc2cc(C(=O)N[C@@H]3CCC[C@@H](C)[C@@H]3C)c3ccccc3n2)cc1. The molecule has 1 aliphatic carbocycles. The third kappa shape index (κ3) is 4.48. The lowest BCUT2D eigenvalue weighted by atomic mass is 9.78. The number of para-hydroxylation sites is 1. The molecule has 3 aromatic rings. The van der Waals surface area contributed by atoms with Crippen molar-refractivity contribution in [2.24, 2.45) is 11.8 Å². The number of hydrogen-bond acceptors (Lipinski definition) is 3. The number of fused-ring (bicyclic) bond motifs is 1. The zero-order valence-electron chi connectivity index (χ0n) is 17.3. The highest BCUT2D eigenvalue weighted by Gasteiger charge is 2.29. The van der Waals surface area contributed by atoms with Gasteiger partial charge < -0.3 is 5.32 Å². The molecular formula is C25H28N2OS. The summed E-state index contributed by atoms with van der Waals surface area (Å²) in [5.74, 6) is 1.17. The first-order chi connectivity index (χ1) is 14.0. The van der Waals surface area contributed by atoms with Crippen LogP contribution in [0.25, 0.3) is 10.9 Å². The Morgan fingerprint density at radius 2 is 1.83 bits per heavy atom. The van der Waals surface area contributed by atoms with Crippen molar-refractivity contribution >= 4 is 28.6 Å². The lowest BCUT2D eigenvalue weighted by Gasteiger charge is -2.34. The average molecular weight is 405 g/mol. The molecule has 1 saturated carbocycles. The Bertz CT molecular complexity index is 1020. The van der Waals surface area contributed by atoms with Gasteiger partial charge in [0.15, 0.2) is 0 Å². The Morgan fingerprint density at radius 3 is 2.62 bits per heavy atom. The molecule has 2 aromatic carbocycles. The lowest BCUT2D eigenvalue weighted by Crippen LogP contribution is -2.43. The first-order valence-electron chi connectivity index (χ1n) is 10.5. The molecule has 1 fully saturated rings. The van der Waals surface area contributed by atoms with Crippen molar-refractivity contribution in [1.29, 1.82) is 0 Å². The quantitative estimate of drug-likeness (QED) is 0.559. The van der Waals surface area contributed by atoms with Crippen LogP contribution in [0.4, 0.5) is 0 Å². The number of aryl methyl sites for hydroxylation is 1. The highest BCUT2D eigenvalue weighted by Crippen LogP contribution is 2.32. The van der Waals surface area contributed by atoms with Crippen molar-refractivity contribution in [3.8, 4) is 0 Å². The van der Waals surface area contributed by atoms with Gasteiger partial charge in [0.2, 0.25) is 0 Å². The van der Waals surface area contributed by atoms with E-state index in [1.54, 1.807) is 11.8 Å². The molecule has 4 heteroatoms. The second-order valence-electron chi connectivity index (χ2n) is 8.29. The average Bonchev–Trinajstić information content (AvgIpc) is 2.72. The van der Waals surface area contributed by atoms with Gasteiger partial charge in [0, 0.05) is 16.3 Å². The molecule has 150 valence electrons. The van der Waals surface area contributed by atoms with Crippen LogP contribution in [-0.4, -0.2) is 16.9 Å². The van der Waals surface area contributed by atoms with E-state index in [2.05, 4.69) is 50.4 Å². The summed E-state index contributed by atoms with van der Waals surface area (Å²) in [5, 5.41) is 5.09. The van der Waals surface area contributed by atoms with Gasteiger partial charge in [0.1, 0.15) is 5.03 Å². The van der Waals surface area contributed by atoms with Crippen LogP contribution in [0.2, 0.25) is 0 Å². The van der Waals surface area contributed by atoms with E-state index in [1.807, 2.05) is 30.3 Å². The Kier molecular flexibility index (Phi) is 5.91. The number of carbonyl (C=O) groups excluding carboxylic acids is 1. The molecule has 1 aromatic heterocycles. The predicted molar refractivity (Wildman–Crippen MR) is 120 cm³/mol. The molecule has 0 spiro atoms. The summed E-state index contributed by atoms with van der Waals surface area (Å²) in [5.41, 5.74) is 2.81. The molecule has 3 nitrogen and oxygen atoms in total. The number of aromatic nitrogens is 1. The minimum Gasteiger partial charge on any atom is -0.349 e.